The maximum Gasteiger partial charge on any atom is 0.336 e. The zero-order valence-electron chi connectivity index (χ0n) is 10.8. The van der Waals surface area contributed by atoms with E-state index in [1.165, 1.54) is 19.8 Å². The summed E-state index contributed by atoms with van der Waals surface area (Å²) in [5.74, 6) is -0.447. The normalized spacial score (nSPS) is 22.3. The number of carboxylic acids is 1. The number of nitrogens with zero attached hydrogens (tertiary/aromatic N) is 1. The highest BCUT2D eigenvalue weighted by atomic mass is 16.4. The molecule has 1 aliphatic rings. The Morgan fingerprint density at radius 1 is 1.47 bits per heavy atom. The second-order valence-electron chi connectivity index (χ2n) is 5.29. The summed E-state index contributed by atoms with van der Waals surface area (Å²) in [6.07, 6.45) is 3.49. The van der Waals surface area contributed by atoms with E-state index in [0.717, 1.165) is 32.0 Å². The molecule has 0 aliphatic carbocycles. The number of aliphatic carboxylic acids is 1. The first kappa shape index (κ1) is 14.4. The summed E-state index contributed by atoms with van der Waals surface area (Å²) in [6.45, 7) is 4.50. The third kappa shape index (κ3) is 5.02. The van der Waals surface area contributed by atoms with Crippen LogP contribution < -0.4 is 5.32 Å². The van der Waals surface area contributed by atoms with Crippen molar-refractivity contribution < 1.29 is 15.0 Å². The van der Waals surface area contributed by atoms with E-state index < -0.39 is 11.6 Å². The largest absolute Gasteiger partial charge is 0.479 e. The lowest BCUT2D eigenvalue weighted by Crippen LogP contribution is -2.45. The molecule has 100 valence electrons. The van der Waals surface area contributed by atoms with E-state index in [4.69, 9.17) is 5.11 Å². The van der Waals surface area contributed by atoms with Gasteiger partial charge in [-0.15, -0.1) is 0 Å². The van der Waals surface area contributed by atoms with Crippen molar-refractivity contribution in [3.63, 3.8) is 0 Å². The molecule has 1 rings (SSSR count). The van der Waals surface area contributed by atoms with Crippen LogP contribution in [0.25, 0.3) is 0 Å². The van der Waals surface area contributed by atoms with Gasteiger partial charge in [0.05, 0.1) is 0 Å². The first-order valence-electron chi connectivity index (χ1n) is 6.27. The fourth-order valence-electron chi connectivity index (χ4n) is 2.06. The van der Waals surface area contributed by atoms with Crippen molar-refractivity contribution in [2.24, 2.45) is 5.92 Å². The lowest BCUT2D eigenvalue weighted by atomic mass is 9.94. The standard InChI is InChI=1S/C12H24N2O3/c1-12(17,11(15)16)9-13-6-3-10-4-7-14(2)8-5-10/h10,13,17H,3-9H2,1-2H3,(H,15,16). The van der Waals surface area contributed by atoms with Crippen LogP contribution in [0, 0.1) is 5.92 Å². The van der Waals surface area contributed by atoms with Crippen molar-refractivity contribution in [3.05, 3.63) is 0 Å². The number of piperidine rings is 1. The highest BCUT2D eigenvalue weighted by Gasteiger charge is 2.29. The smallest absolute Gasteiger partial charge is 0.336 e. The lowest BCUT2D eigenvalue weighted by Gasteiger charge is -2.29. The van der Waals surface area contributed by atoms with Gasteiger partial charge in [0.2, 0.25) is 0 Å². The van der Waals surface area contributed by atoms with Gasteiger partial charge >= 0.3 is 5.97 Å². The predicted molar refractivity (Wildman–Crippen MR) is 66.0 cm³/mol. The van der Waals surface area contributed by atoms with Crippen LogP contribution in [-0.4, -0.2) is 59.9 Å². The lowest BCUT2D eigenvalue weighted by molar-refractivity contribution is -0.156. The maximum absolute atomic E-state index is 10.7. The van der Waals surface area contributed by atoms with Crippen molar-refractivity contribution in [1.82, 2.24) is 10.2 Å². The van der Waals surface area contributed by atoms with Crippen LogP contribution in [-0.2, 0) is 4.79 Å². The molecule has 5 nitrogen and oxygen atoms in total. The van der Waals surface area contributed by atoms with E-state index in [1.54, 1.807) is 0 Å². The summed E-state index contributed by atoms with van der Waals surface area (Å²) >= 11 is 0. The van der Waals surface area contributed by atoms with Gasteiger partial charge < -0.3 is 20.4 Å². The van der Waals surface area contributed by atoms with Crippen molar-refractivity contribution in [2.45, 2.75) is 31.8 Å². The first-order chi connectivity index (χ1) is 7.92. The van der Waals surface area contributed by atoms with Gasteiger partial charge in [0.15, 0.2) is 5.60 Å². The minimum Gasteiger partial charge on any atom is -0.479 e. The number of rotatable bonds is 6. The molecule has 3 N–H and O–H groups in total. The average molecular weight is 244 g/mol. The molecule has 0 spiro atoms. The third-order valence-corrected chi connectivity index (χ3v) is 3.50. The molecule has 0 saturated carbocycles. The molecule has 1 saturated heterocycles. The van der Waals surface area contributed by atoms with Gasteiger partial charge in [-0.05, 0) is 58.8 Å². The topological polar surface area (TPSA) is 72.8 Å². The molecule has 0 radical (unpaired) electrons. The third-order valence-electron chi connectivity index (χ3n) is 3.50. The van der Waals surface area contributed by atoms with Crippen molar-refractivity contribution in [2.75, 3.05) is 33.2 Å². The molecule has 5 heteroatoms. The second kappa shape index (κ2) is 6.33. The number of aliphatic hydroxyl groups is 1. The molecule has 0 bridgehead atoms. The molecule has 1 atom stereocenters. The Bertz CT molecular complexity index is 248. The molecular weight excluding hydrogens is 220 g/mol. The molecule has 0 aromatic rings. The summed E-state index contributed by atoms with van der Waals surface area (Å²) in [6, 6.07) is 0. The van der Waals surface area contributed by atoms with Crippen LogP contribution in [0.4, 0.5) is 0 Å². The van der Waals surface area contributed by atoms with Crippen molar-refractivity contribution in [1.29, 1.82) is 0 Å². The number of hydrogen-bond acceptors (Lipinski definition) is 4. The Hall–Kier alpha value is -0.650. The SMILES string of the molecule is CN1CCC(CCNCC(C)(O)C(=O)O)CC1. The Balaban J connectivity index is 2.10. The molecule has 0 aromatic carbocycles. The summed E-state index contributed by atoms with van der Waals surface area (Å²) in [7, 11) is 2.14. The molecule has 17 heavy (non-hydrogen) atoms. The second-order valence-corrected chi connectivity index (χ2v) is 5.29. The summed E-state index contributed by atoms with van der Waals surface area (Å²) in [5, 5.41) is 21.2. The van der Waals surface area contributed by atoms with Gasteiger partial charge in [0, 0.05) is 6.54 Å². The number of nitrogens with one attached hydrogen (secondary N) is 1. The van der Waals surface area contributed by atoms with Crippen molar-refractivity contribution in [3.8, 4) is 0 Å². The summed E-state index contributed by atoms with van der Waals surface area (Å²) in [4.78, 5) is 13.0. The molecule has 1 heterocycles. The number of carbonyl (C=O) groups is 1. The van der Waals surface area contributed by atoms with E-state index in [-0.39, 0.29) is 6.54 Å². The summed E-state index contributed by atoms with van der Waals surface area (Å²) < 4.78 is 0. The van der Waals surface area contributed by atoms with E-state index in [9.17, 15) is 9.90 Å². The number of carboxylic acid groups (broad SMARTS) is 1. The first-order valence-corrected chi connectivity index (χ1v) is 6.27. The fraction of sp³-hybridized carbons (Fsp3) is 0.917. The van der Waals surface area contributed by atoms with E-state index in [0.29, 0.717) is 0 Å². The van der Waals surface area contributed by atoms with Gasteiger partial charge in [-0.25, -0.2) is 4.79 Å². The van der Waals surface area contributed by atoms with Crippen LogP contribution in [0.3, 0.4) is 0 Å². The quantitative estimate of drug-likeness (QED) is 0.580. The Morgan fingerprint density at radius 2 is 2.06 bits per heavy atom. The van der Waals surface area contributed by atoms with Gasteiger partial charge in [-0.3, -0.25) is 0 Å². The van der Waals surface area contributed by atoms with Crippen LogP contribution in [0.1, 0.15) is 26.2 Å². The maximum atomic E-state index is 10.7. The molecule has 1 fully saturated rings. The minimum atomic E-state index is -1.66. The zero-order valence-corrected chi connectivity index (χ0v) is 10.8. The number of hydrogen-bond donors (Lipinski definition) is 3. The van der Waals surface area contributed by atoms with E-state index >= 15 is 0 Å². The predicted octanol–water partition coefficient (Wildman–Crippen LogP) is 0.144. The highest BCUT2D eigenvalue weighted by Crippen LogP contribution is 2.18. The molecule has 0 aromatic heterocycles. The van der Waals surface area contributed by atoms with Gasteiger partial charge in [0.1, 0.15) is 0 Å². The Labute approximate surface area is 103 Å². The minimum absolute atomic E-state index is 0.106. The van der Waals surface area contributed by atoms with Crippen LogP contribution in [0.5, 0.6) is 0 Å². The van der Waals surface area contributed by atoms with Gasteiger partial charge in [-0.2, -0.15) is 0 Å². The molecular formula is C12H24N2O3. The van der Waals surface area contributed by atoms with Gasteiger partial charge in [0.25, 0.3) is 0 Å². The molecule has 1 aliphatic heterocycles. The van der Waals surface area contributed by atoms with Crippen LogP contribution in [0.2, 0.25) is 0 Å². The van der Waals surface area contributed by atoms with Crippen LogP contribution in [0.15, 0.2) is 0 Å². The number of likely N-dealkylation sites (tertiary alicyclic amines) is 1. The Morgan fingerprint density at radius 3 is 2.59 bits per heavy atom. The van der Waals surface area contributed by atoms with E-state index in [2.05, 4.69) is 17.3 Å². The highest BCUT2D eigenvalue weighted by molar-refractivity contribution is 5.76. The molecule has 1 unspecified atom stereocenters. The zero-order chi connectivity index (χ0) is 12.9. The average Bonchev–Trinajstić information content (AvgIpc) is 2.26. The summed E-state index contributed by atoms with van der Waals surface area (Å²) in [5.41, 5.74) is -1.66. The monoisotopic (exact) mass is 244 g/mol. The Kier molecular flexibility index (Phi) is 5.36. The van der Waals surface area contributed by atoms with Crippen molar-refractivity contribution >= 4 is 5.97 Å². The molecule has 0 amide bonds. The van der Waals surface area contributed by atoms with Crippen LogP contribution >= 0.6 is 0 Å². The van der Waals surface area contributed by atoms with E-state index in [1.807, 2.05) is 0 Å². The fourth-order valence-corrected chi connectivity index (χ4v) is 2.06. The van der Waals surface area contributed by atoms with Gasteiger partial charge in [-0.1, -0.05) is 0 Å².